The zero-order valence-corrected chi connectivity index (χ0v) is 19.5. The van der Waals surface area contributed by atoms with Crippen LogP contribution >= 0.6 is 0 Å². The zero-order valence-electron chi connectivity index (χ0n) is 19.5. The van der Waals surface area contributed by atoms with Crippen LogP contribution in [0.15, 0.2) is 91.0 Å². The van der Waals surface area contributed by atoms with Crippen molar-refractivity contribution in [3.8, 4) is 0 Å². The van der Waals surface area contributed by atoms with E-state index in [0.717, 1.165) is 12.8 Å². The van der Waals surface area contributed by atoms with Gasteiger partial charge in [-0.15, -0.1) is 0 Å². The SMILES string of the molecule is O=C(/C=C/C1CCN(C(=O)c2ccccc2)CC1)c1ccc(NC(=O)c2ccccc2)c([N+](=O)[O-])c1. The van der Waals surface area contributed by atoms with E-state index in [1.807, 2.05) is 29.2 Å². The van der Waals surface area contributed by atoms with Crippen LogP contribution in [-0.2, 0) is 0 Å². The van der Waals surface area contributed by atoms with Crippen LogP contribution in [0.25, 0.3) is 0 Å². The first-order valence-electron chi connectivity index (χ1n) is 11.6. The predicted octanol–water partition coefficient (Wildman–Crippen LogP) is 5.14. The summed E-state index contributed by atoms with van der Waals surface area (Å²) in [7, 11) is 0. The van der Waals surface area contributed by atoms with Gasteiger partial charge in [0.2, 0.25) is 0 Å². The van der Waals surface area contributed by atoms with Gasteiger partial charge in [0.05, 0.1) is 4.92 Å². The maximum Gasteiger partial charge on any atom is 0.293 e. The number of nitro groups is 1. The van der Waals surface area contributed by atoms with Crippen molar-refractivity contribution in [1.82, 2.24) is 4.90 Å². The zero-order chi connectivity index (χ0) is 25.5. The van der Waals surface area contributed by atoms with Gasteiger partial charge in [0, 0.05) is 35.8 Å². The first kappa shape index (κ1) is 24.5. The number of benzene rings is 3. The van der Waals surface area contributed by atoms with Crippen molar-refractivity contribution in [3.63, 3.8) is 0 Å². The molecule has 0 unspecified atom stereocenters. The van der Waals surface area contributed by atoms with Crippen LogP contribution in [0.1, 0.15) is 43.9 Å². The van der Waals surface area contributed by atoms with E-state index in [1.54, 1.807) is 42.5 Å². The number of likely N-dealkylation sites (tertiary alicyclic amines) is 1. The minimum Gasteiger partial charge on any atom is -0.339 e. The van der Waals surface area contributed by atoms with E-state index in [9.17, 15) is 24.5 Å². The minimum absolute atomic E-state index is 0.000797. The summed E-state index contributed by atoms with van der Waals surface area (Å²) in [5, 5.41) is 14.1. The first-order chi connectivity index (χ1) is 17.4. The first-order valence-corrected chi connectivity index (χ1v) is 11.6. The highest BCUT2D eigenvalue weighted by Crippen LogP contribution is 2.27. The van der Waals surface area contributed by atoms with Gasteiger partial charge >= 0.3 is 0 Å². The van der Waals surface area contributed by atoms with Crippen LogP contribution in [0, 0.1) is 16.0 Å². The largest absolute Gasteiger partial charge is 0.339 e. The number of amides is 2. The van der Waals surface area contributed by atoms with Gasteiger partial charge < -0.3 is 10.2 Å². The van der Waals surface area contributed by atoms with Crippen molar-refractivity contribution in [2.45, 2.75) is 12.8 Å². The maximum atomic E-state index is 12.7. The molecular weight excluding hydrogens is 458 g/mol. The number of rotatable bonds is 7. The molecule has 36 heavy (non-hydrogen) atoms. The van der Waals surface area contributed by atoms with Crippen LogP contribution in [0.4, 0.5) is 11.4 Å². The molecule has 3 aromatic rings. The highest BCUT2D eigenvalue weighted by atomic mass is 16.6. The Morgan fingerprint density at radius 2 is 1.47 bits per heavy atom. The van der Waals surface area contributed by atoms with Crippen LogP contribution < -0.4 is 5.32 Å². The van der Waals surface area contributed by atoms with E-state index in [-0.39, 0.29) is 34.5 Å². The van der Waals surface area contributed by atoms with Gasteiger partial charge in [-0.2, -0.15) is 0 Å². The molecule has 1 aliphatic rings. The number of piperidine rings is 1. The Hall–Kier alpha value is -4.59. The number of anilines is 1. The second-order valence-corrected chi connectivity index (χ2v) is 8.53. The molecule has 4 rings (SSSR count). The number of nitrogens with one attached hydrogen (secondary N) is 1. The molecule has 1 fully saturated rings. The standard InChI is InChI=1S/C28H25N3O5/c32-26(14-11-20-15-17-30(18-16-20)28(34)22-9-5-2-6-10-22)23-12-13-24(25(19-23)31(35)36)29-27(33)21-7-3-1-4-8-21/h1-14,19-20H,15-18H2,(H,29,33)/b14-11+. The smallest absolute Gasteiger partial charge is 0.293 e. The maximum absolute atomic E-state index is 12.7. The third-order valence-corrected chi connectivity index (χ3v) is 6.13. The van der Waals surface area contributed by atoms with E-state index < -0.39 is 10.8 Å². The Balaban J connectivity index is 1.38. The van der Waals surface area contributed by atoms with Crippen LogP contribution in [0.5, 0.6) is 0 Å². The molecule has 0 spiro atoms. The van der Waals surface area contributed by atoms with Crippen molar-refractivity contribution in [2.75, 3.05) is 18.4 Å². The van der Waals surface area contributed by atoms with Gasteiger partial charge in [-0.05, 0) is 61.2 Å². The van der Waals surface area contributed by atoms with Gasteiger partial charge in [0.25, 0.3) is 17.5 Å². The topological polar surface area (TPSA) is 110 Å². The summed E-state index contributed by atoms with van der Waals surface area (Å²) in [5.74, 6) is -0.703. The van der Waals surface area contributed by atoms with Gasteiger partial charge in [-0.25, -0.2) is 0 Å². The predicted molar refractivity (Wildman–Crippen MR) is 136 cm³/mol. The third kappa shape index (κ3) is 5.90. The summed E-state index contributed by atoms with van der Waals surface area (Å²) in [5.41, 5.74) is 0.849. The summed E-state index contributed by atoms with van der Waals surface area (Å²) in [6.45, 7) is 1.19. The van der Waals surface area contributed by atoms with Crippen molar-refractivity contribution in [3.05, 3.63) is 118 Å². The lowest BCUT2D eigenvalue weighted by Crippen LogP contribution is -2.38. The molecule has 0 bridgehead atoms. The molecule has 182 valence electrons. The molecule has 0 aliphatic carbocycles. The Morgan fingerprint density at radius 1 is 0.861 bits per heavy atom. The number of carbonyl (C=O) groups excluding carboxylic acids is 3. The highest BCUT2D eigenvalue weighted by molar-refractivity contribution is 6.08. The van der Waals surface area contributed by atoms with E-state index in [0.29, 0.717) is 24.2 Å². The highest BCUT2D eigenvalue weighted by Gasteiger charge is 2.23. The number of nitro benzene ring substituents is 1. The minimum atomic E-state index is -0.624. The molecule has 2 amide bonds. The summed E-state index contributed by atoms with van der Waals surface area (Å²) < 4.78 is 0. The number of carbonyl (C=O) groups is 3. The molecule has 0 atom stereocenters. The van der Waals surface area contributed by atoms with Gasteiger partial charge in [-0.3, -0.25) is 24.5 Å². The second kappa shape index (κ2) is 11.2. The fraction of sp³-hybridized carbons (Fsp3) is 0.179. The molecule has 3 aromatic carbocycles. The Kier molecular flexibility index (Phi) is 7.65. The number of hydrogen-bond acceptors (Lipinski definition) is 5. The lowest BCUT2D eigenvalue weighted by molar-refractivity contribution is -0.383. The van der Waals surface area contributed by atoms with Crippen LogP contribution in [0.3, 0.4) is 0 Å². The van der Waals surface area contributed by atoms with E-state index >= 15 is 0 Å². The molecular formula is C28H25N3O5. The Labute approximate surface area is 208 Å². The van der Waals surface area contributed by atoms with E-state index in [4.69, 9.17) is 0 Å². The van der Waals surface area contributed by atoms with Crippen molar-refractivity contribution >= 4 is 29.0 Å². The number of allylic oxidation sites excluding steroid dienone is 2. The number of nitrogens with zero attached hydrogens (tertiary/aromatic N) is 2. The Morgan fingerprint density at radius 3 is 2.08 bits per heavy atom. The van der Waals surface area contributed by atoms with E-state index in [1.165, 1.54) is 24.3 Å². The summed E-state index contributed by atoms with van der Waals surface area (Å²) >= 11 is 0. The van der Waals surface area contributed by atoms with E-state index in [2.05, 4.69) is 5.32 Å². The molecule has 8 nitrogen and oxygen atoms in total. The van der Waals surface area contributed by atoms with Gasteiger partial charge in [0.1, 0.15) is 5.69 Å². The molecule has 1 saturated heterocycles. The summed E-state index contributed by atoms with van der Waals surface area (Å²) in [6, 6.07) is 21.5. The summed E-state index contributed by atoms with van der Waals surface area (Å²) in [6.07, 6.45) is 4.70. The molecule has 8 heteroatoms. The van der Waals surface area contributed by atoms with Crippen LogP contribution in [0.2, 0.25) is 0 Å². The van der Waals surface area contributed by atoms with Crippen molar-refractivity contribution in [1.29, 1.82) is 0 Å². The quantitative estimate of drug-likeness (QED) is 0.217. The van der Waals surface area contributed by atoms with Gasteiger partial charge in [0.15, 0.2) is 5.78 Å². The monoisotopic (exact) mass is 483 g/mol. The van der Waals surface area contributed by atoms with Crippen molar-refractivity contribution in [2.24, 2.45) is 5.92 Å². The average Bonchev–Trinajstić information content (AvgIpc) is 2.92. The number of hydrogen-bond donors (Lipinski definition) is 1. The molecule has 1 N–H and O–H groups in total. The van der Waals surface area contributed by atoms with Crippen LogP contribution in [-0.4, -0.2) is 40.5 Å². The normalized spacial score (nSPS) is 13.9. The second-order valence-electron chi connectivity index (χ2n) is 8.53. The van der Waals surface area contributed by atoms with Crippen molar-refractivity contribution < 1.29 is 19.3 Å². The fourth-order valence-corrected chi connectivity index (χ4v) is 4.10. The third-order valence-electron chi connectivity index (χ3n) is 6.13. The Bertz CT molecular complexity index is 1300. The molecule has 0 radical (unpaired) electrons. The lowest BCUT2D eigenvalue weighted by Gasteiger charge is -2.30. The fourth-order valence-electron chi connectivity index (χ4n) is 4.10. The average molecular weight is 484 g/mol. The molecule has 1 heterocycles. The molecule has 0 aromatic heterocycles. The number of ketones is 1. The van der Waals surface area contributed by atoms with Gasteiger partial charge in [-0.1, -0.05) is 42.5 Å². The summed E-state index contributed by atoms with van der Waals surface area (Å²) in [4.78, 5) is 50.5. The lowest BCUT2D eigenvalue weighted by atomic mass is 9.95. The molecule has 0 saturated carbocycles. The molecule has 1 aliphatic heterocycles.